The molecule has 138 valence electrons. The van der Waals surface area contributed by atoms with Crippen LogP contribution in [0.15, 0.2) is 48.5 Å². The zero-order valence-corrected chi connectivity index (χ0v) is 15.7. The maximum atomic E-state index is 10.6. The van der Waals surface area contributed by atoms with Crippen LogP contribution in [0.5, 0.6) is 23.0 Å². The van der Waals surface area contributed by atoms with Crippen LogP contribution in [-0.4, -0.2) is 26.4 Å². The topological polar surface area (TPSA) is 47.9 Å². The second-order valence-electron chi connectivity index (χ2n) is 6.50. The van der Waals surface area contributed by atoms with Gasteiger partial charge in [0.2, 0.25) is 0 Å². The van der Waals surface area contributed by atoms with Crippen LogP contribution >= 0.6 is 0 Å². The summed E-state index contributed by atoms with van der Waals surface area (Å²) >= 11 is 0. The molecule has 0 unspecified atom stereocenters. The molecule has 0 spiro atoms. The van der Waals surface area contributed by atoms with E-state index < -0.39 is 0 Å². The van der Waals surface area contributed by atoms with Crippen molar-refractivity contribution in [3.63, 3.8) is 0 Å². The van der Waals surface area contributed by atoms with Crippen LogP contribution < -0.4 is 14.2 Å². The fourth-order valence-electron chi connectivity index (χ4n) is 3.96. The Morgan fingerprint density at radius 2 is 1.41 bits per heavy atom. The van der Waals surface area contributed by atoms with Crippen molar-refractivity contribution in [1.82, 2.24) is 0 Å². The number of phenols is 1. The van der Waals surface area contributed by atoms with Gasteiger partial charge in [-0.3, -0.25) is 0 Å². The summed E-state index contributed by atoms with van der Waals surface area (Å²) in [5.41, 5.74) is 4.04. The summed E-state index contributed by atoms with van der Waals surface area (Å²) in [6.07, 6.45) is 4.02. The lowest BCUT2D eigenvalue weighted by molar-refractivity contribution is 0.400. The van der Waals surface area contributed by atoms with Crippen molar-refractivity contribution in [3.8, 4) is 23.0 Å². The summed E-state index contributed by atoms with van der Waals surface area (Å²) in [5.74, 6) is 2.48. The van der Waals surface area contributed by atoms with E-state index in [0.717, 1.165) is 63.1 Å². The summed E-state index contributed by atoms with van der Waals surface area (Å²) in [4.78, 5) is 0. The summed E-state index contributed by atoms with van der Waals surface area (Å²) < 4.78 is 16.9. The first-order chi connectivity index (χ1) is 13.2. The van der Waals surface area contributed by atoms with Crippen molar-refractivity contribution in [2.75, 3.05) is 21.3 Å². The highest BCUT2D eigenvalue weighted by Crippen LogP contribution is 2.46. The Bertz CT molecular complexity index is 1040. The molecular formula is C23H22O4. The van der Waals surface area contributed by atoms with Gasteiger partial charge in [0.05, 0.1) is 26.7 Å². The van der Waals surface area contributed by atoms with Gasteiger partial charge in [0.1, 0.15) is 23.0 Å². The lowest BCUT2D eigenvalue weighted by Gasteiger charge is -2.22. The second kappa shape index (κ2) is 6.88. The highest BCUT2D eigenvalue weighted by molar-refractivity contribution is 6.07. The first kappa shape index (κ1) is 17.3. The van der Waals surface area contributed by atoms with Crippen LogP contribution in [0.4, 0.5) is 0 Å². The minimum absolute atomic E-state index is 0.296. The van der Waals surface area contributed by atoms with Crippen molar-refractivity contribution in [3.05, 3.63) is 65.2 Å². The van der Waals surface area contributed by atoms with Gasteiger partial charge in [-0.15, -0.1) is 0 Å². The molecule has 3 aromatic rings. The smallest absolute Gasteiger partial charge is 0.130 e. The molecular weight excluding hydrogens is 340 g/mol. The first-order valence-electron chi connectivity index (χ1n) is 8.93. The minimum Gasteiger partial charge on any atom is -0.507 e. The summed E-state index contributed by atoms with van der Waals surface area (Å²) in [6.45, 7) is 0. The highest BCUT2D eigenvalue weighted by Gasteiger charge is 2.23. The van der Waals surface area contributed by atoms with Gasteiger partial charge < -0.3 is 19.3 Å². The zero-order valence-electron chi connectivity index (χ0n) is 15.7. The van der Waals surface area contributed by atoms with Crippen LogP contribution in [0.2, 0.25) is 0 Å². The van der Waals surface area contributed by atoms with E-state index in [1.165, 1.54) is 0 Å². The van der Waals surface area contributed by atoms with Crippen molar-refractivity contribution >= 4 is 16.3 Å². The van der Waals surface area contributed by atoms with Crippen molar-refractivity contribution in [2.24, 2.45) is 0 Å². The number of aromatic hydroxyl groups is 1. The van der Waals surface area contributed by atoms with Gasteiger partial charge in [-0.1, -0.05) is 18.2 Å². The van der Waals surface area contributed by atoms with E-state index in [1.807, 2.05) is 30.3 Å². The van der Waals surface area contributed by atoms with Crippen molar-refractivity contribution in [1.29, 1.82) is 0 Å². The predicted octanol–water partition coefficient (Wildman–Crippen LogP) is 4.95. The molecule has 1 N–H and O–H groups in total. The van der Waals surface area contributed by atoms with Crippen molar-refractivity contribution in [2.45, 2.75) is 12.8 Å². The largest absolute Gasteiger partial charge is 0.507 e. The molecule has 4 heteroatoms. The van der Waals surface area contributed by atoms with Crippen LogP contribution in [0.3, 0.4) is 0 Å². The maximum Gasteiger partial charge on any atom is 0.130 e. The van der Waals surface area contributed by atoms with Gasteiger partial charge in [-0.25, -0.2) is 0 Å². The number of allylic oxidation sites excluding steroid dienone is 1. The molecule has 0 fully saturated rings. The Morgan fingerprint density at radius 1 is 0.778 bits per heavy atom. The van der Waals surface area contributed by atoms with Crippen LogP contribution in [0, 0.1) is 0 Å². The number of methoxy groups -OCH3 is 3. The number of benzene rings is 3. The Morgan fingerprint density at radius 3 is 2.07 bits per heavy atom. The van der Waals surface area contributed by atoms with Gasteiger partial charge >= 0.3 is 0 Å². The number of ether oxygens (including phenoxy) is 3. The lowest BCUT2D eigenvalue weighted by atomic mass is 9.84. The number of hydrogen-bond donors (Lipinski definition) is 1. The molecule has 4 nitrogen and oxygen atoms in total. The van der Waals surface area contributed by atoms with Crippen LogP contribution in [-0.2, 0) is 6.42 Å². The predicted molar refractivity (Wildman–Crippen MR) is 107 cm³/mol. The summed E-state index contributed by atoms with van der Waals surface area (Å²) in [7, 11) is 4.95. The van der Waals surface area contributed by atoms with Gasteiger partial charge in [-0.05, 0) is 59.9 Å². The zero-order chi connectivity index (χ0) is 19.0. The second-order valence-corrected chi connectivity index (χ2v) is 6.50. The maximum absolute atomic E-state index is 10.6. The van der Waals surface area contributed by atoms with E-state index in [-0.39, 0.29) is 0 Å². The van der Waals surface area contributed by atoms with E-state index >= 15 is 0 Å². The normalized spacial score (nSPS) is 13.1. The molecule has 0 atom stereocenters. The van der Waals surface area contributed by atoms with E-state index in [4.69, 9.17) is 14.2 Å². The highest BCUT2D eigenvalue weighted by atomic mass is 16.5. The van der Waals surface area contributed by atoms with E-state index in [0.29, 0.717) is 5.75 Å². The number of rotatable bonds is 4. The van der Waals surface area contributed by atoms with Gasteiger partial charge in [0, 0.05) is 10.9 Å². The first-order valence-corrected chi connectivity index (χ1v) is 8.93. The molecule has 4 rings (SSSR count). The number of aryl methyl sites for hydroxylation is 1. The number of phenolic OH excluding ortho intramolecular Hbond substituents is 1. The molecule has 1 aliphatic carbocycles. The molecule has 0 saturated carbocycles. The quantitative estimate of drug-likeness (QED) is 0.713. The standard InChI is InChI=1S/C23H22O4/c1-25-18-12-13-20(27-3)23-19(26-2)11-10-16(22(18)23)15-8-4-6-14-7-5-9-17(24)21(14)15/h5,7-13,24H,4,6H2,1-3H3. The Kier molecular flexibility index (Phi) is 4.40. The lowest BCUT2D eigenvalue weighted by Crippen LogP contribution is -2.03. The third kappa shape index (κ3) is 2.69. The monoisotopic (exact) mass is 362 g/mol. The fourth-order valence-corrected chi connectivity index (χ4v) is 3.96. The fraction of sp³-hybridized carbons (Fsp3) is 0.217. The average molecular weight is 362 g/mol. The molecule has 0 heterocycles. The minimum atomic E-state index is 0.296. The molecule has 3 aromatic carbocycles. The molecule has 0 amide bonds. The molecule has 0 radical (unpaired) electrons. The summed E-state index contributed by atoms with van der Waals surface area (Å²) in [5, 5.41) is 12.3. The molecule has 27 heavy (non-hydrogen) atoms. The number of fused-ring (bicyclic) bond motifs is 2. The molecule has 0 aliphatic heterocycles. The van der Waals surface area contributed by atoms with Crippen LogP contribution in [0.25, 0.3) is 16.3 Å². The molecule has 1 aliphatic rings. The number of hydrogen-bond acceptors (Lipinski definition) is 4. The van der Waals surface area contributed by atoms with Crippen LogP contribution in [0.1, 0.15) is 23.1 Å². The van der Waals surface area contributed by atoms with Gasteiger partial charge in [-0.2, -0.15) is 0 Å². The van der Waals surface area contributed by atoms with E-state index in [1.54, 1.807) is 27.4 Å². The Labute approximate surface area is 158 Å². The van der Waals surface area contributed by atoms with Gasteiger partial charge in [0.25, 0.3) is 0 Å². The van der Waals surface area contributed by atoms with Gasteiger partial charge in [0.15, 0.2) is 0 Å². The van der Waals surface area contributed by atoms with E-state index in [9.17, 15) is 5.11 Å². The summed E-state index contributed by atoms with van der Waals surface area (Å²) in [6, 6.07) is 13.5. The van der Waals surface area contributed by atoms with E-state index in [2.05, 4.69) is 12.1 Å². The molecule has 0 saturated heterocycles. The Hall–Kier alpha value is -3.14. The molecule has 0 aromatic heterocycles. The SMILES string of the molecule is COc1ccc(OC)c2c(C3=CCCc4cccc(O)c43)ccc(OC)c12. The third-order valence-electron chi connectivity index (χ3n) is 5.16. The van der Waals surface area contributed by atoms with Crippen molar-refractivity contribution < 1.29 is 19.3 Å². The average Bonchev–Trinajstić information content (AvgIpc) is 2.72. The molecule has 0 bridgehead atoms. The third-order valence-corrected chi connectivity index (χ3v) is 5.16. The Balaban J connectivity index is 2.09.